The first kappa shape index (κ1) is 15.5. The van der Waals surface area contributed by atoms with E-state index in [0.29, 0.717) is 5.92 Å². The zero-order chi connectivity index (χ0) is 14.2. The van der Waals surface area contributed by atoms with Gasteiger partial charge in [-0.1, -0.05) is 38.3 Å². The minimum Gasteiger partial charge on any atom is -0.316 e. The third kappa shape index (κ3) is 4.05. The summed E-state index contributed by atoms with van der Waals surface area (Å²) in [5.74, 6) is 1.39. The molecule has 1 aromatic heterocycles. The number of hydrogen-bond donors (Lipinski definition) is 1. The number of nitrogens with one attached hydrogen (secondary N) is 1. The van der Waals surface area contributed by atoms with Crippen molar-refractivity contribution < 1.29 is 0 Å². The molecule has 2 atom stereocenters. The molecule has 0 saturated heterocycles. The lowest BCUT2D eigenvalue weighted by molar-refractivity contribution is 0.356. The Morgan fingerprint density at radius 3 is 2.85 bits per heavy atom. The van der Waals surface area contributed by atoms with Crippen molar-refractivity contribution >= 4 is 0 Å². The van der Waals surface area contributed by atoms with Gasteiger partial charge in [0.15, 0.2) is 0 Å². The van der Waals surface area contributed by atoms with Crippen LogP contribution in [-0.4, -0.2) is 28.1 Å². The summed E-state index contributed by atoms with van der Waals surface area (Å²) < 4.78 is 2.14. The van der Waals surface area contributed by atoms with Gasteiger partial charge in [-0.05, 0) is 44.7 Å². The second-order valence-corrected chi connectivity index (χ2v) is 6.09. The van der Waals surface area contributed by atoms with Crippen LogP contribution in [0.5, 0.6) is 0 Å². The van der Waals surface area contributed by atoms with Gasteiger partial charge in [-0.15, -0.1) is 5.10 Å². The summed E-state index contributed by atoms with van der Waals surface area (Å²) in [5, 5.41) is 12.1. The molecule has 1 aromatic rings. The summed E-state index contributed by atoms with van der Waals surface area (Å²) in [7, 11) is 0. The summed E-state index contributed by atoms with van der Waals surface area (Å²) in [6, 6.07) is 0. The van der Waals surface area contributed by atoms with Gasteiger partial charge in [-0.2, -0.15) is 0 Å². The highest BCUT2D eigenvalue weighted by Gasteiger charge is 2.27. The quantitative estimate of drug-likeness (QED) is 0.614. The Hall–Kier alpha value is -0.900. The van der Waals surface area contributed by atoms with E-state index in [0.717, 1.165) is 32.0 Å². The molecule has 1 saturated carbocycles. The Kier molecular flexibility index (Phi) is 6.51. The van der Waals surface area contributed by atoms with E-state index in [4.69, 9.17) is 0 Å². The fraction of sp³-hybridized carbons (Fsp3) is 0.875. The van der Waals surface area contributed by atoms with E-state index in [1.807, 2.05) is 6.20 Å². The van der Waals surface area contributed by atoms with E-state index >= 15 is 0 Å². The zero-order valence-electron chi connectivity index (χ0n) is 13.1. The van der Waals surface area contributed by atoms with Crippen molar-refractivity contribution in [2.45, 2.75) is 71.3 Å². The minimum atomic E-state index is 0.642. The Labute approximate surface area is 123 Å². The van der Waals surface area contributed by atoms with E-state index in [1.165, 1.54) is 44.2 Å². The summed E-state index contributed by atoms with van der Waals surface area (Å²) in [6.45, 7) is 7.73. The lowest BCUT2D eigenvalue weighted by Gasteiger charge is -2.25. The van der Waals surface area contributed by atoms with E-state index in [-0.39, 0.29) is 0 Å². The van der Waals surface area contributed by atoms with Gasteiger partial charge in [0.1, 0.15) is 0 Å². The molecular formula is C16H30N4. The average molecular weight is 278 g/mol. The first-order valence-electron chi connectivity index (χ1n) is 8.45. The molecule has 0 radical (unpaired) electrons. The third-order valence-electron chi connectivity index (χ3n) is 4.46. The van der Waals surface area contributed by atoms with E-state index in [9.17, 15) is 0 Å². The molecule has 1 aliphatic rings. The Balaban J connectivity index is 2.08. The monoisotopic (exact) mass is 278 g/mol. The maximum atomic E-state index is 4.29. The van der Waals surface area contributed by atoms with Crippen molar-refractivity contribution in [3.8, 4) is 0 Å². The van der Waals surface area contributed by atoms with Gasteiger partial charge in [-0.3, -0.25) is 0 Å². The highest BCUT2D eigenvalue weighted by Crippen LogP contribution is 2.35. The molecule has 4 heteroatoms. The van der Waals surface area contributed by atoms with Crippen LogP contribution in [0.4, 0.5) is 0 Å². The molecule has 0 aromatic carbocycles. The van der Waals surface area contributed by atoms with Crippen molar-refractivity contribution in [3.63, 3.8) is 0 Å². The SMILES string of the molecule is CCCNCC1CCCCCC1c1cnnn1CCC. The molecule has 20 heavy (non-hydrogen) atoms. The fourth-order valence-electron chi connectivity index (χ4n) is 3.42. The highest BCUT2D eigenvalue weighted by atomic mass is 15.4. The summed E-state index contributed by atoms with van der Waals surface area (Å²) in [5.41, 5.74) is 1.37. The number of aryl methyl sites for hydroxylation is 1. The van der Waals surface area contributed by atoms with Crippen LogP contribution in [-0.2, 0) is 6.54 Å². The fourth-order valence-corrected chi connectivity index (χ4v) is 3.42. The predicted octanol–water partition coefficient (Wildman–Crippen LogP) is 3.35. The normalized spacial score (nSPS) is 23.7. The Morgan fingerprint density at radius 1 is 1.20 bits per heavy atom. The summed E-state index contributed by atoms with van der Waals surface area (Å²) in [6.07, 6.45) is 11.1. The van der Waals surface area contributed by atoms with Gasteiger partial charge in [0.2, 0.25) is 0 Å². The molecule has 0 bridgehead atoms. The van der Waals surface area contributed by atoms with Crippen molar-refractivity contribution in [1.82, 2.24) is 20.3 Å². The molecular weight excluding hydrogens is 248 g/mol. The standard InChI is InChI=1S/C16H30N4/c1-3-10-17-12-14-8-6-5-7-9-15(14)16-13-18-19-20(16)11-4-2/h13-15,17H,3-12H2,1-2H3. The van der Waals surface area contributed by atoms with Crippen LogP contribution < -0.4 is 5.32 Å². The van der Waals surface area contributed by atoms with E-state index < -0.39 is 0 Å². The van der Waals surface area contributed by atoms with Crippen molar-refractivity contribution in [1.29, 1.82) is 0 Å². The third-order valence-corrected chi connectivity index (χ3v) is 4.46. The first-order valence-corrected chi connectivity index (χ1v) is 8.45. The van der Waals surface area contributed by atoms with Gasteiger partial charge in [0, 0.05) is 12.5 Å². The second kappa shape index (κ2) is 8.40. The number of aromatic nitrogens is 3. The van der Waals surface area contributed by atoms with Crippen molar-refractivity contribution in [2.75, 3.05) is 13.1 Å². The molecule has 114 valence electrons. The summed E-state index contributed by atoms with van der Waals surface area (Å²) in [4.78, 5) is 0. The van der Waals surface area contributed by atoms with Crippen LogP contribution in [0.25, 0.3) is 0 Å². The first-order chi connectivity index (χ1) is 9.86. The topological polar surface area (TPSA) is 42.7 Å². The van der Waals surface area contributed by atoms with E-state index in [2.05, 4.69) is 34.2 Å². The minimum absolute atomic E-state index is 0.642. The van der Waals surface area contributed by atoms with Gasteiger partial charge >= 0.3 is 0 Å². The largest absolute Gasteiger partial charge is 0.316 e. The van der Waals surface area contributed by atoms with Crippen LogP contribution in [0, 0.1) is 5.92 Å². The maximum absolute atomic E-state index is 4.29. The van der Waals surface area contributed by atoms with Gasteiger partial charge in [0.05, 0.1) is 11.9 Å². The van der Waals surface area contributed by atoms with Crippen molar-refractivity contribution in [3.05, 3.63) is 11.9 Å². The maximum Gasteiger partial charge on any atom is 0.0728 e. The van der Waals surface area contributed by atoms with Crippen LogP contribution in [0.1, 0.15) is 70.4 Å². The molecule has 1 aliphatic carbocycles. The highest BCUT2D eigenvalue weighted by molar-refractivity contribution is 5.06. The van der Waals surface area contributed by atoms with Crippen LogP contribution in [0.2, 0.25) is 0 Å². The second-order valence-electron chi connectivity index (χ2n) is 6.09. The number of hydrogen-bond acceptors (Lipinski definition) is 3. The average Bonchev–Trinajstić information content (AvgIpc) is 2.78. The molecule has 1 heterocycles. The number of rotatable bonds is 7. The molecule has 0 aliphatic heterocycles. The van der Waals surface area contributed by atoms with Crippen molar-refractivity contribution in [2.24, 2.45) is 5.92 Å². The molecule has 0 spiro atoms. The van der Waals surface area contributed by atoms with Crippen LogP contribution >= 0.6 is 0 Å². The van der Waals surface area contributed by atoms with Crippen LogP contribution in [0.15, 0.2) is 6.20 Å². The van der Waals surface area contributed by atoms with E-state index in [1.54, 1.807) is 0 Å². The number of nitrogens with zero attached hydrogens (tertiary/aromatic N) is 3. The molecule has 1 fully saturated rings. The molecule has 2 rings (SSSR count). The molecule has 4 nitrogen and oxygen atoms in total. The van der Waals surface area contributed by atoms with Crippen LogP contribution in [0.3, 0.4) is 0 Å². The molecule has 0 amide bonds. The van der Waals surface area contributed by atoms with Gasteiger partial charge < -0.3 is 5.32 Å². The molecule has 1 N–H and O–H groups in total. The lowest BCUT2D eigenvalue weighted by atomic mass is 9.85. The molecule has 2 unspecified atom stereocenters. The zero-order valence-corrected chi connectivity index (χ0v) is 13.1. The predicted molar refractivity (Wildman–Crippen MR) is 82.8 cm³/mol. The van der Waals surface area contributed by atoms with Gasteiger partial charge in [0.25, 0.3) is 0 Å². The smallest absolute Gasteiger partial charge is 0.0728 e. The Bertz CT molecular complexity index is 374. The Morgan fingerprint density at radius 2 is 2.05 bits per heavy atom. The van der Waals surface area contributed by atoms with Gasteiger partial charge in [-0.25, -0.2) is 4.68 Å². The summed E-state index contributed by atoms with van der Waals surface area (Å²) >= 11 is 0. The lowest BCUT2D eigenvalue weighted by Crippen LogP contribution is -2.28.